The molecule has 2 unspecified atom stereocenters. The summed E-state index contributed by atoms with van der Waals surface area (Å²) in [5, 5.41) is 0. The fourth-order valence-corrected chi connectivity index (χ4v) is 5.64. The first-order chi connectivity index (χ1) is 13.7. The molecule has 2 fully saturated rings. The highest BCUT2D eigenvalue weighted by Gasteiger charge is 2.28. The predicted molar refractivity (Wildman–Crippen MR) is 114 cm³/mol. The first-order valence-electron chi connectivity index (χ1n) is 10.7. The van der Waals surface area contributed by atoms with Crippen LogP contribution in [0.2, 0.25) is 0 Å². The smallest absolute Gasteiger partial charge is 0.223 e. The SMILES string of the molecule is Cc1ccc(S(=O)(=O)CCC(=O)N2CCC(CN3CC(C)OC(C)C3)CC2)cc1. The highest BCUT2D eigenvalue weighted by Crippen LogP contribution is 2.22. The molecule has 0 bridgehead atoms. The number of nitrogens with zero attached hydrogens (tertiary/aromatic N) is 2. The van der Waals surface area contributed by atoms with Gasteiger partial charge in [0.25, 0.3) is 0 Å². The average molecular weight is 423 g/mol. The number of morpholine rings is 1. The van der Waals surface area contributed by atoms with Crippen LogP contribution >= 0.6 is 0 Å². The van der Waals surface area contributed by atoms with Gasteiger partial charge < -0.3 is 9.64 Å². The molecule has 7 heteroatoms. The van der Waals surface area contributed by atoms with E-state index in [2.05, 4.69) is 18.7 Å². The van der Waals surface area contributed by atoms with Crippen LogP contribution in [0.1, 0.15) is 38.7 Å². The summed E-state index contributed by atoms with van der Waals surface area (Å²) in [5.41, 5.74) is 1.02. The Hall–Kier alpha value is -1.44. The fourth-order valence-electron chi connectivity index (χ4n) is 4.41. The molecule has 29 heavy (non-hydrogen) atoms. The lowest BCUT2D eigenvalue weighted by atomic mass is 9.95. The highest BCUT2D eigenvalue weighted by atomic mass is 32.2. The number of amides is 1. The standard InChI is InChI=1S/C22H34N2O4S/c1-17-4-6-21(7-5-17)29(26,27)13-10-22(25)24-11-8-20(9-12-24)16-23-14-18(2)28-19(3)15-23/h4-7,18-20H,8-16H2,1-3H3. The molecule has 3 rings (SSSR count). The van der Waals surface area contributed by atoms with Crippen molar-refractivity contribution in [3.63, 3.8) is 0 Å². The number of ether oxygens (including phenoxy) is 1. The summed E-state index contributed by atoms with van der Waals surface area (Å²) in [5.74, 6) is 0.416. The number of benzene rings is 1. The van der Waals surface area contributed by atoms with Gasteiger partial charge in [0.2, 0.25) is 5.91 Å². The molecule has 0 aromatic heterocycles. The molecular formula is C22H34N2O4S. The number of piperidine rings is 1. The summed E-state index contributed by atoms with van der Waals surface area (Å²) in [7, 11) is -3.42. The van der Waals surface area contributed by atoms with Gasteiger partial charge in [-0.05, 0) is 51.7 Å². The summed E-state index contributed by atoms with van der Waals surface area (Å²) < 4.78 is 30.7. The van der Waals surface area contributed by atoms with Crippen molar-refractivity contribution in [3.8, 4) is 0 Å². The molecule has 0 saturated carbocycles. The molecule has 0 aliphatic carbocycles. The largest absolute Gasteiger partial charge is 0.373 e. The van der Waals surface area contributed by atoms with Gasteiger partial charge in [-0.3, -0.25) is 9.69 Å². The Morgan fingerprint density at radius 2 is 1.66 bits per heavy atom. The third kappa shape index (κ3) is 6.27. The summed E-state index contributed by atoms with van der Waals surface area (Å²) in [6.07, 6.45) is 2.57. The summed E-state index contributed by atoms with van der Waals surface area (Å²) in [4.78, 5) is 17.2. The molecule has 2 saturated heterocycles. The summed E-state index contributed by atoms with van der Waals surface area (Å²) >= 11 is 0. The minimum atomic E-state index is -3.42. The van der Waals surface area contributed by atoms with Crippen LogP contribution in [-0.4, -0.2) is 74.8 Å². The van der Waals surface area contributed by atoms with E-state index in [0.717, 1.165) is 51.1 Å². The van der Waals surface area contributed by atoms with Crippen LogP contribution in [0.3, 0.4) is 0 Å². The number of hydrogen-bond acceptors (Lipinski definition) is 5. The predicted octanol–water partition coefficient (Wildman–Crippen LogP) is 2.51. The zero-order valence-corrected chi connectivity index (χ0v) is 18.7. The molecule has 1 aromatic carbocycles. The lowest BCUT2D eigenvalue weighted by Gasteiger charge is -2.39. The lowest BCUT2D eigenvalue weighted by molar-refractivity contribution is -0.132. The molecule has 0 N–H and O–H groups in total. The van der Waals surface area contributed by atoms with E-state index in [0.29, 0.717) is 10.8 Å². The van der Waals surface area contributed by atoms with Crippen LogP contribution in [0.4, 0.5) is 0 Å². The van der Waals surface area contributed by atoms with Gasteiger partial charge in [0.1, 0.15) is 0 Å². The molecule has 2 aliphatic heterocycles. The first-order valence-corrected chi connectivity index (χ1v) is 12.3. The van der Waals surface area contributed by atoms with E-state index in [-0.39, 0.29) is 30.3 Å². The van der Waals surface area contributed by atoms with Crippen LogP contribution < -0.4 is 0 Å². The van der Waals surface area contributed by atoms with Gasteiger partial charge in [0.15, 0.2) is 9.84 Å². The molecule has 162 valence electrons. The Bertz CT molecular complexity index is 776. The van der Waals surface area contributed by atoms with Crippen molar-refractivity contribution in [2.45, 2.75) is 57.1 Å². The second kappa shape index (κ2) is 9.58. The van der Waals surface area contributed by atoms with Gasteiger partial charge in [0, 0.05) is 39.1 Å². The summed E-state index contributed by atoms with van der Waals surface area (Å²) in [6, 6.07) is 6.81. The zero-order valence-electron chi connectivity index (χ0n) is 17.8. The highest BCUT2D eigenvalue weighted by molar-refractivity contribution is 7.91. The van der Waals surface area contributed by atoms with E-state index >= 15 is 0 Å². The monoisotopic (exact) mass is 422 g/mol. The second-order valence-corrected chi connectivity index (χ2v) is 10.8. The Labute approximate surface area is 175 Å². The van der Waals surface area contributed by atoms with Crippen molar-refractivity contribution in [2.24, 2.45) is 5.92 Å². The van der Waals surface area contributed by atoms with Crippen molar-refractivity contribution >= 4 is 15.7 Å². The first kappa shape index (κ1) is 22.2. The second-order valence-electron chi connectivity index (χ2n) is 8.68. The third-order valence-electron chi connectivity index (χ3n) is 5.94. The van der Waals surface area contributed by atoms with Crippen molar-refractivity contribution in [2.75, 3.05) is 38.5 Å². The number of likely N-dealkylation sites (tertiary alicyclic amines) is 1. The molecular weight excluding hydrogens is 388 g/mol. The zero-order chi connectivity index (χ0) is 21.0. The van der Waals surface area contributed by atoms with E-state index in [1.807, 2.05) is 11.8 Å². The minimum Gasteiger partial charge on any atom is -0.373 e. The van der Waals surface area contributed by atoms with Crippen LogP contribution in [-0.2, 0) is 19.4 Å². The summed E-state index contributed by atoms with van der Waals surface area (Å²) in [6.45, 7) is 10.6. The number of carbonyl (C=O) groups excluding carboxylic acids is 1. The Kier molecular flexibility index (Phi) is 7.35. The van der Waals surface area contributed by atoms with E-state index < -0.39 is 9.84 Å². The maximum Gasteiger partial charge on any atom is 0.223 e. The number of carbonyl (C=O) groups is 1. The minimum absolute atomic E-state index is 0.0484. The molecule has 0 spiro atoms. The molecule has 0 radical (unpaired) electrons. The van der Waals surface area contributed by atoms with Gasteiger partial charge in [-0.25, -0.2) is 8.42 Å². The van der Waals surface area contributed by atoms with Crippen molar-refractivity contribution in [1.29, 1.82) is 0 Å². The third-order valence-corrected chi connectivity index (χ3v) is 7.68. The molecule has 1 amide bonds. The quantitative estimate of drug-likeness (QED) is 0.705. The number of hydrogen-bond donors (Lipinski definition) is 0. The van der Waals surface area contributed by atoms with Crippen molar-refractivity contribution in [3.05, 3.63) is 29.8 Å². The van der Waals surface area contributed by atoms with Gasteiger partial charge in [0.05, 0.1) is 22.9 Å². The maximum atomic E-state index is 12.5. The average Bonchev–Trinajstić information content (AvgIpc) is 2.66. The van der Waals surface area contributed by atoms with E-state index in [1.165, 1.54) is 0 Å². The van der Waals surface area contributed by atoms with Crippen molar-refractivity contribution < 1.29 is 17.9 Å². The number of sulfone groups is 1. The van der Waals surface area contributed by atoms with Gasteiger partial charge >= 0.3 is 0 Å². The molecule has 2 atom stereocenters. The van der Waals surface area contributed by atoms with Gasteiger partial charge in [-0.15, -0.1) is 0 Å². The fraction of sp³-hybridized carbons (Fsp3) is 0.682. The Morgan fingerprint density at radius 3 is 2.24 bits per heavy atom. The topological polar surface area (TPSA) is 66.9 Å². The van der Waals surface area contributed by atoms with Crippen LogP contribution in [0.25, 0.3) is 0 Å². The normalized spacial score (nSPS) is 24.6. The van der Waals surface area contributed by atoms with Gasteiger partial charge in [-0.2, -0.15) is 0 Å². The van der Waals surface area contributed by atoms with E-state index in [4.69, 9.17) is 4.74 Å². The maximum absolute atomic E-state index is 12.5. The van der Waals surface area contributed by atoms with Crippen LogP contribution in [0.5, 0.6) is 0 Å². The molecule has 2 heterocycles. The van der Waals surface area contributed by atoms with E-state index in [9.17, 15) is 13.2 Å². The Balaban J connectivity index is 1.43. The number of rotatable bonds is 6. The lowest BCUT2D eigenvalue weighted by Crippen LogP contribution is -2.48. The van der Waals surface area contributed by atoms with E-state index in [1.54, 1.807) is 24.3 Å². The van der Waals surface area contributed by atoms with Crippen LogP contribution in [0, 0.1) is 12.8 Å². The molecule has 6 nitrogen and oxygen atoms in total. The van der Waals surface area contributed by atoms with Crippen LogP contribution in [0.15, 0.2) is 29.2 Å². The van der Waals surface area contributed by atoms with Gasteiger partial charge in [-0.1, -0.05) is 17.7 Å². The number of aryl methyl sites for hydroxylation is 1. The molecule has 2 aliphatic rings. The molecule has 1 aromatic rings. The Morgan fingerprint density at radius 1 is 1.07 bits per heavy atom. The van der Waals surface area contributed by atoms with Crippen molar-refractivity contribution in [1.82, 2.24) is 9.80 Å².